The smallest absolute Gasteiger partial charge is 0.274 e. The number of carbonyl (C=O) groups excluding carboxylic acids is 1. The van der Waals surface area contributed by atoms with Crippen LogP contribution in [0, 0.1) is 0 Å². The van der Waals surface area contributed by atoms with Gasteiger partial charge in [0, 0.05) is 29.7 Å². The second kappa shape index (κ2) is 8.43. The van der Waals surface area contributed by atoms with Crippen molar-refractivity contribution < 1.29 is 9.21 Å². The SMILES string of the molecule is O=C(c1nc(N2CCCC2)ncc1Cl)N(Cc1nnc(-c2ccc(Cl)cc2)o1)C1CC1. The van der Waals surface area contributed by atoms with Crippen molar-refractivity contribution in [3.63, 3.8) is 0 Å². The Kier molecular flexibility index (Phi) is 5.50. The van der Waals surface area contributed by atoms with E-state index in [1.54, 1.807) is 17.0 Å². The van der Waals surface area contributed by atoms with Gasteiger partial charge in [-0.05, 0) is 49.9 Å². The molecule has 0 atom stereocenters. The second-order valence-electron chi connectivity index (χ2n) is 7.73. The molecule has 1 aliphatic heterocycles. The molecular formula is C21H20Cl2N6O2. The van der Waals surface area contributed by atoms with Crippen LogP contribution in [0.1, 0.15) is 42.1 Å². The second-order valence-corrected chi connectivity index (χ2v) is 8.58. The molecule has 3 heterocycles. The van der Waals surface area contributed by atoms with E-state index in [4.69, 9.17) is 27.6 Å². The molecule has 0 spiro atoms. The standard InChI is InChI=1S/C21H20Cl2N6O2/c22-14-5-3-13(4-6-14)19-27-26-17(31-19)12-29(15-7-8-15)20(30)18-16(23)11-24-21(25-18)28-9-1-2-10-28/h3-6,11,15H,1-2,7-10,12H2. The van der Waals surface area contributed by atoms with Gasteiger partial charge >= 0.3 is 0 Å². The van der Waals surface area contributed by atoms with E-state index in [1.807, 2.05) is 12.1 Å². The number of aromatic nitrogens is 4. The van der Waals surface area contributed by atoms with Gasteiger partial charge in [0.25, 0.3) is 5.91 Å². The van der Waals surface area contributed by atoms with Crippen molar-refractivity contribution in [1.29, 1.82) is 0 Å². The third-order valence-electron chi connectivity index (χ3n) is 5.44. The first kappa shape index (κ1) is 20.2. The number of hydrogen-bond donors (Lipinski definition) is 0. The van der Waals surface area contributed by atoms with E-state index in [-0.39, 0.29) is 29.2 Å². The molecule has 1 aliphatic carbocycles. The highest BCUT2D eigenvalue weighted by Crippen LogP contribution is 2.31. The van der Waals surface area contributed by atoms with Crippen LogP contribution in [-0.4, -0.2) is 50.1 Å². The summed E-state index contributed by atoms with van der Waals surface area (Å²) >= 11 is 12.3. The summed E-state index contributed by atoms with van der Waals surface area (Å²) < 4.78 is 5.81. The first-order valence-corrected chi connectivity index (χ1v) is 11.0. The zero-order valence-electron chi connectivity index (χ0n) is 16.7. The van der Waals surface area contributed by atoms with Crippen molar-refractivity contribution in [1.82, 2.24) is 25.1 Å². The lowest BCUT2D eigenvalue weighted by molar-refractivity contribution is 0.0708. The van der Waals surface area contributed by atoms with Gasteiger partial charge < -0.3 is 14.2 Å². The molecule has 0 radical (unpaired) electrons. The Morgan fingerprint density at radius 2 is 1.87 bits per heavy atom. The molecule has 1 saturated carbocycles. The minimum Gasteiger partial charge on any atom is -0.419 e. The molecule has 160 valence electrons. The predicted octanol–water partition coefficient (Wildman–Crippen LogP) is 4.24. The summed E-state index contributed by atoms with van der Waals surface area (Å²) in [6, 6.07) is 7.25. The molecule has 2 aromatic heterocycles. The third kappa shape index (κ3) is 4.36. The number of benzene rings is 1. The van der Waals surface area contributed by atoms with Crippen molar-refractivity contribution in [3.05, 3.63) is 52.1 Å². The van der Waals surface area contributed by atoms with Crippen LogP contribution in [0.25, 0.3) is 11.5 Å². The highest BCUT2D eigenvalue weighted by Gasteiger charge is 2.36. The quantitative estimate of drug-likeness (QED) is 0.545. The predicted molar refractivity (Wildman–Crippen MR) is 116 cm³/mol. The Balaban J connectivity index is 1.37. The maximum atomic E-state index is 13.4. The monoisotopic (exact) mass is 458 g/mol. The van der Waals surface area contributed by atoms with Crippen LogP contribution in [0.15, 0.2) is 34.9 Å². The Bertz CT molecular complexity index is 1090. The highest BCUT2D eigenvalue weighted by molar-refractivity contribution is 6.33. The summed E-state index contributed by atoms with van der Waals surface area (Å²) in [5.41, 5.74) is 0.976. The molecule has 1 saturated heterocycles. The maximum absolute atomic E-state index is 13.4. The third-order valence-corrected chi connectivity index (χ3v) is 5.96. The molecule has 0 N–H and O–H groups in total. The van der Waals surface area contributed by atoms with Gasteiger partial charge in [0.1, 0.15) is 0 Å². The van der Waals surface area contributed by atoms with Gasteiger partial charge in [-0.1, -0.05) is 23.2 Å². The fourth-order valence-corrected chi connectivity index (χ4v) is 3.94. The van der Waals surface area contributed by atoms with Crippen LogP contribution in [0.2, 0.25) is 10.0 Å². The molecule has 3 aromatic rings. The topological polar surface area (TPSA) is 88.3 Å². The largest absolute Gasteiger partial charge is 0.419 e. The average Bonchev–Trinajstić information content (AvgIpc) is 3.26. The number of halogens is 2. The number of nitrogens with zero attached hydrogens (tertiary/aromatic N) is 6. The lowest BCUT2D eigenvalue weighted by atomic mass is 10.2. The average molecular weight is 459 g/mol. The zero-order valence-corrected chi connectivity index (χ0v) is 18.2. The maximum Gasteiger partial charge on any atom is 0.274 e. The van der Waals surface area contributed by atoms with E-state index >= 15 is 0 Å². The van der Waals surface area contributed by atoms with E-state index in [2.05, 4.69) is 25.1 Å². The van der Waals surface area contributed by atoms with Gasteiger partial charge in [-0.2, -0.15) is 0 Å². The molecule has 8 nitrogen and oxygen atoms in total. The van der Waals surface area contributed by atoms with Crippen LogP contribution in [-0.2, 0) is 6.54 Å². The first-order valence-electron chi connectivity index (χ1n) is 10.3. The number of anilines is 1. The van der Waals surface area contributed by atoms with E-state index in [9.17, 15) is 4.79 Å². The molecule has 0 unspecified atom stereocenters. The lowest BCUT2D eigenvalue weighted by Crippen LogP contribution is -2.34. The van der Waals surface area contributed by atoms with Crippen molar-refractivity contribution in [3.8, 4) is 11.5 Å². The molecule has 5 rings (SSSR count). The fraction of sp³-hybridized carbons (Fsp3) is 0.381. The van der Waals surface area contributed by atoms with E-state index in [0.717, 1.165) is 44.3 Å². The fourth-order valence-electron chi connectivity index (χ4n) is 3.64. The number of hydrogen-bond acceptors (Lipinski definition) is 7. The molecule has 31 heavy (non-hydrogen) atoms. The number of carbonyl (C=O) groups is 1. The van der Waals surface area contributed by atoms with Gasteiger partial charge in [0.05, 0.1) is 17.8 Å². The summed E-state index contributed by atoms with van der Waals surface area (Å²) in [7, 11) is 0. The van der Waals surface area contributed by atoms with Gasteiger partial charge in [-0.25, -0.2) is 9.97 Å². The van der Waals surface area contributed by atoms with Gasteiger partial charge in [0.2, 0.25) is 17.7 Å². The normalized spacial score (nSPS) is 16.0. The number of rotatable bonds is 6. The first-order chi connectivity index (χ1) is 15.1. The zero-order chi connectivity index (χ0) is 21.4. The summed E-state index contributed by atoms with van der Waals surface area (Å²) in [6.07, 6.45) is 5.54. The van der Waals surface area contributed by atoms with Crippen LogP contribution in [0.3, 0.4) is 0 Å². The van der Waals surface area contributed by atoms with Gasteiger partial charge in [-0.3, -0.25) is 4.79 Å². The Morgan fingerprint density at radius 3 is 2.58 bits per heavy atom. The Hall–Kier alpha value is -2.71. The lowest BCUT2D eigenvalue weighted by Gasteiger charge is -2.22. The van der Waals surface area contributed by atoms with E-state index in [0.29, 0.717) is 22.8 Å². The minimum atomic E-state index is -0.249. The number of amides is 1. The van der Waals surface area contributed by atoms with E-state index in [1.165, 1.54) is 6.20 Å². The molecule has 10 heteroatoms. The van der Waals surface area contributed by atoms with Crippen LogP contribution in [0.5, 0.6) is 0 Å². The molecule has 2 fully saturated rings. The van der Waals surface area contributed by atoms with Gasteiger partial charge in [-0.15, -0.1) is 10.2 Å². The van der Waals surface area contributed by atoms with Crippen LogP contribution < -0.4 is 4.90 Å². The van der Waals surface area contributed by atoms with Crippen molar-refractivity contribution >= 4 is 35.1 Å². The van der Waals surface area contributed by atoms with E-state index < -0.39 is 0 Å². The molecular weight excluding hydrogens is 439 g/mol. The molecule has 1 amide bonds. The van der Waals surface area contributed by atoms with Crippen LogP contribution >= 0.6 is 23.2 Å². The van der Waals surface area contributed by atoms with Gasteiger partial charge in [0.15, 0.2) is 5.69 Å². The Labute approximate surface area is 189 Å². The minimum absolute atomic E-state index is 0.111. The van der Waals surface area contributed by atoms with Crippen molar-refractivity contribution in [2.75, 3.05) is 18.0 Å². The van der Waals surface area contributed by atoms with Crippen molar-refractivity contribution in [2.45, 2.75) is 38.3 Å². The van der Waals surface area contributed by atoms with Crippen molar-refractivity contribution in [2.24, 2.45) is 0 Å². The summed E-state index contributed by atoms with van der Waals surface area (Å²) in [6.45, 7) is 1.97. The molecule has 2 aliphatic rings. The Morgan fingerprint density at radius 1 is 1.13 bits per heavy atom. The molecule has 1 aromatic carbocycles. The molecule has 0 bridgehead atoms. The summed E-state index contributed by atoms with van der Waals surface area (Å²) in [5, 5.41) is 9.11. The van der Waals surface area contributed by atoms with Crippen LogP contribution in [0.4, 0.5) is 5.95 Å². The summed E-state index contributed by atoms with van der Waals surface area (Å²) in [4.78, 5) is 26.0. The summed E-state index contributed by atoms with van der Waals surface area (Å²) in [5.74, 6) is 1.03. The highest BCUT2D eigenvalue weighted by atomic mass is 35.5.